The van der Waals surface area contributed by atoms with Crippen molar-refractivity contribution in [3.05, 3.63) is 45.8 Å². The molecule has 0 bridgehead atoms. The molecule has 4 nitrogen and oxygen atoms in total. The summed E-state index contributed by atoms with van der Waals surface area (Å²) < 4.78 is 5.93. The molecule has 1 heterocycles. The van der Waals surface area contributed by atoms with Gasteiger partial charge in [0.15, 0.2) is 11.0 Å². The maximum Gasteiger partial charge on any atom is 0.293 e. The fraction of sp³-hybridized carbons (Fsp3) is 0.0833. The number of hydrogen-bond acceptors (Lipinski definition) is 3. The molecule has 0 saturated carbocycles. The minimum absolute atomic E-state index is 0.171. The lowest BCUT2D eigenvalue weighted by atomic mass is 10.2. The number of furan rings is 1. The summed E-state index contributed by atoms with van der Waals surface area (Å²) in [7, 11) is 1.62. The van der Waals surface area contributed by atoms with E-state index in [1.807, 2.05) is 6.07 Å². The van der Waals surface area contributed by atoms with Crippen LogP contribution in [0.3, 0.4) is 0 Å². The molecule has 0 spiro atoms. The van der Waals surface area contributed by atoms with E-state index in [9.17, 15) is 4.79 Å². The van der Waals surface area contributed by atoms with Gasteiger partial charge in [-0.15, -0.1) is 0 Å². The normalized spacial score (nSPS) is 10.4. The van der Waals surface area contributed by atoms with Crippen molar-refractivity contribution in [3.8, 4) is 0 Å². The summed E-state index contributed by atoms with van der Waals surface area (Å²) in [6.45, 7) is 0. The van der Waals surface area contributed by atoms with E-state index in [-0.39, 0.29) is 16.9 Å². The maximum atomic E-state index is 12.1. The number of nitrogens with zero attached hydrogens (tertiary/aromatic N) is 1. The van der Waals surface area contributed by atoms with Crippen LogP contribution in [-0.2, 0) is 0 Å². The molecular formula is C12H10BrClN2O2. The number of amides is 1. The van der Waals surface area contributed by atoms with Crippen LogP contribution in [0.25, 0.3) is 0 Å². The maximum absolute atomic E-state index is 12.1. The Morgan fingerprint density at radius 1 is 1.39 bits per heavy atom. The van der Waals surface area contributed by atoms with Crippen LogP contribution in [0.1, 0.15) is 10.6 Å². The molecule has 2 rings (SSSR count). The number of rotatable bonds is 2. The second-order valence-electron chi connectivity index (χ2n) is 3.67. The average Bonchev–Trinajstić information content (AvgIpc) is 2.74. The van der Waals surface area contributed by atoms with Crippen molar-refractivity contribution >= 4 is 44.8 Å². The van der Waals surface area contributed by atoms with Gasteiger partial charge in [-0.25, -0.2) is 0 Å². The molecule has 2 aromatic rings. The minimum atomic E-state index is -0.309. The Bertz CT molecular complexity index is 598. The quantitative estimate of drug-likeness (QED) is 0.857. The molecule has 1 aromatic carbocycles. The lowest BCUT2D eigenvalue weighted by Crippen LogP contribution is -2.26. The molecule has 0 aliphatic heterocycles. The Morgan fingerprint density at radius 2 is 2.11 bits per heavy atom. The Balaban J connectivity index is 2.31. The summed E-state index contributed by atoms with van der Waals surface area (Å²) in [5.74, 6) is -0.138. The molecule has 0 radical (unpaired) electrons. The van der Waals surface area contributed by atoms with Gasteiger partial charge in [-0.2, -0.15) is 0 Å². The molecule has 94 valence electrons. The molecule has 1 aromatic heterocycles. The van der Waals surface area contributed by atoms with Gasteiger partial charge in [0, 0.05) is 11.5 Å². The van der Waals surface area contributed by atoms with Crippen LogP contribution >= 0.6 is 27.5 Å². The zero-order valence-corrected chi connectivity index (χ0v) is 11.8. The van der Waals surface area contributed by atoms with Crippen LogP contribution in [-0.4, -0.2) is 13.0 Å². The van der Waals surface area contributed by atoms with Crippen LogP contribution in [0.15, 0.2) is 39.2 Å². The summed E-state index contributed by atoms with van der Waals surface area (Å²) >= 11 is 8.95. The van der Waals surface area contributed by atoms with E-state index in [0.29, 0.717) is 11.4 Å². The van der Waals surface area contributed by atoms with Crippen LogP contribution in [0.5, 0.6) is 0 Å². The standard InChI is InChI=1S/C12H10BrClN2O2/c1-16(9-3-2-7(13)6-8(9)15)12(17)10-4-5-11(14)18-10/h2-6H,15H2,1H3. The number of nitrogen functional groups attached to an aromatic ring is 1. The molecule has 18 heavy (non-hydrogen) atoms. The fourth-order valence-electron chi connectivity index (χ4n) is 1.53. The fourth-order valence-corrected chi connectivity index (χ4v) is 2.06. The lowest BCUT2D eigenvalue weighted by Gasteiger charge is -2.18. The smallest absolute Gasteiger partial charge is 0.293 e. The van der Waals surface area contributed by atoms with Gasteiger partial charge in [0.2, 0.25) is 0 Å². The molecule has 0 aliphatic carbocycles. The highest BCUT2D eigenvalue weighted by Gasteiger charge is 2.18. The Labute approximate surface area is 117 Å². The van der Waals surface area contributed by atoms with E-state index >= 15 is 0 Å². The third-order valence-electron chi connectivity index (χ3n) is 2.44. The number of hydrogen-bond donors (Lipinski definition) is 1. The summed E-state index contributed by atoms with van der Waals surface area (Å²) in [6.07, 6.45) is 0. The van der Waals surface area contributed by atoms with E-state index in [2.05, 4.69) is 15.9 Å². The van der Waals surface area contributed by atoms with Gasteiger partial charge in [0.25, 0.3) is 5.91 Å². The van der Waals surface area contributed by atoms with E-state index < -0.39 is 0 Å². The van der Waals surface area contributed by atoms with Crippen molar-refractivity contribution in [2.45, 2.75) is 0 Å². The largest absolute Gasteiger partial charge is 0.440 e. The first kappa shape index (κ1) is 13.0. The first-order valence-corrected chi connectivity index (χ1v) is 6.24. The van der Waals surface area contributed by atoms with E-state index in [0.717, 1.165) is 4.47 Å². The summed E-state index contributed by atoms with van der Waals surface area (Å²) in [4.78, 5) is 13.5. The first-order valence-electron chi connectivity index (χ1n) is 5.07. The molecule has 0 saturated heterocycles. The van der Waals surface area contributed by atoms with Gasteiger partial charge in [0.1, 0.15) is 0 Å². The molecule has 0 unspecified atom stereocenters. The molecule has 0 aliphatic rings. The van der Waals surface area contributed by atoms with E-state index in [1.165, 1.54) is 17.0 Å². The third kappa shape index (κ3) is 2.52. The SMILES string of the molecule is CN(C(=O)c1ccc(Cl)o1)c1ccc(Br)cc1N. The molecule has 0 fully saturated rings. The van der Waals surface area contributed by atoms with Gasteiger partial charge in [-0.3, -0.25) is 4.79 Å². The highest BCUT2D eigenvalue weighted by atomic mass is 79.9. The molecule has 0 atom stereocenters. The van der Waals surface area contributed by atoms with Crippen LogP contribution in [0.2, 0.25) is 5.22 Å². The van der Waals surface area contributed by atoms with Crippen molar-refractivity contribution < 1.29 is 9.21 Å². The van der Waals surface area contributed by atoms with Gasteiger partial charge >= 0.3 is 0 Å². The average molecular weight is 330 g/mol. The van der Waals surface area contributed by atoms with Crippen LogP contribution in [0.4, 0.5) is 11.4 Å². The molecule has 2 N–H and O–H groups in total. The highest BCUT2D eigenvalue weighted by molar-refractivity contribution is 9.10. The number of nitrogens with two attached hydrogens (primary N) is 1. The zero-order valence-electron chi connectivity index (χ0n) is 9.48. The van der Waals surface area contributed by atoms with Crippen molar-refractivity contribution in [1.82, 2.24) is 0 Å². The number of halogens is 2. The monoisotopic (exact) mass is 328 g/mol. The summed E-state index contributed by atoms with van der Waals surface area (Å²) in [5, 5.41) is 0.176. The predicted molar refractivity (Wildman–Crippen MR) is 75.0 cm³/mol. The highest BCUT2D eigenvalue weighted by Crippen LogP contribution is 2.27. The Kier molecular flexibility index (Phi) is 3.63. The summed E-state index contributed by atoms with van der Waals surface area (Å²) in [6, 6.07) is 8.34. The van der Waals surface area contributed by atoms with E-state index in [4.69, 9.17) is 21.8 Å². The second-order valence-corrected chi connectivity index (χ2v) is 4.96. The second kappa shape index (κ2) is 5.04. The van der Waals surface area contributed by atoms with Crippen molar-refractivity contribution in [1.29, 1.82) is 0 Å². The van der Waals surface area contributed by atoms with Crippen LogP contribution in [0, 0.1) is 0 Å². The zero-order chi connectivity index (χ0) is 13.3. The number of anilines is 2. The molecular weight excluding hydrogens is 320 g/mol. The van der Waals surface area contributed by atoms with Crippen molar-refractivity contribution in [3.63, 3.8) is 0 Å². The predicted octanol–water partition coefficient (Wildman–Crippen LogP) is 3.55. The number of benzene rings is 1. The minimum Gasteiger partial charge on any atom is -0.440 e. The van der Waals surface area contributed by atoms with Gasteiger partial charge in [-0.1, -0.05) is 15.9 Å². The van der Waals surface area contributed by atoms with Gasteiger partial charge < -0.3 is 15.1 Å². The lowest BCUT2D eigenvalue weighted by molar-refractivity contribution is 0.0966. The number of carbonyl (C=O) groups is 1. The third-order valence-corrected chi connectivity index (χ3v) is 3.14. The van der Waals surface area contributed by atoms with Gasteiger partial charge in [0.05, 0.1) is 11.4 Å². The topological polar surface area (TPSA) is 59.5 Å². The Hall–Kier alpha value is -1.46. The van der Waals surface area contributed by atoms with Crippen molar-refractivity contribution in [2.75, 3.05) is 17.7 Å². The summed E-state index contributed by atoms with van der Waals surface area (Å²) in [5.41, 5.74) is 6.97. The van der Waals surface area contributed by atoms with Gasteiger partial charge in [-0.05, 0) is 41.9 Å². The first-order chi connectivity index (χ1) is 8.49. The number of carbonyl (C=O) groups excluding carboxylic acids is 1. The van der Waals surface area contributed by atoms with E-state index in [1.54, 1.807) is 19.2 Å². The van der Waals surface area contributed by atoms with Crippen molar-refractivity contribution in [2.24, 2.45) is 0 Å². The molecule has 6 heteroatoms. The molecule has 1 amide bonds. The Morgan fingerprint density at radius 3 is 2.67 bits per heavy atom. The van der Waals surface area contributed by atoms with Crippen LogP contribution < -0.4 is 10.6 Å².